The third-order valence-corrected chi connectivity index (χ3v) is 12.6. The number of benzene rings is 4. The molecule has 0 amide bonds. The SMILES string of the molecule is COCCN(CCOC)C[C@@H]1COc2ccc(OCc3ccnc(-c4ccccc4OC)n3)c(c2)C[C@H](C(=O)O)Oc2ncnc3sc(-c4ccc(F)cc4)c(c23)-c2ccc(c(Cl)c2C)O1. The Balaban J connectivity index is 1.23. The van der Waals surface area contributed by atoms with Crippen molar-refractivity contribution in [1.82, 2.24) is 24.8 Å². The lowest BCUT2D eigenvalue weighted by atomic mass is 9.96. The van der Waals surface area contributed by atoms with Gasteiger partial charge in [0.2, 0.25) is 12.0 Å². The maximum atomic E-state index is 14.3. The maximum Gasteiger partial charge on any atom is 0.345 e. The number of hydrogen-bond donors (Lipinski definition) is 1. The summed E-state index contributed by atoms with van der Waals surface area (Å²) in [7, 11) is 4.89. The van der Waals surface area contributed by atoms with E-state index in [4.69, 9.17) is 49.7 Å². The van der Waals surface area contributed by atoms with Crippen molar-refractivity contribution in [2.75, 3.05) is 60.8 Å². The summed E-state index contributed by atoms with van der Waals surface area (Å²) in [5.74, 6) is 0.736. The van der Waals surface area contributed by atoms with Gasteiger partial charge in [0, 0.05) is 62.5 Å². The zero-order valence-electron chi connectivity index (χ0n) is 36.7. The minimum absolute atomic E-state index is 0.0272. The van der Waals surface area contributed by atoms with Gasteiger partial charge in [0.25, 0.3) is 0 Å². The molecule has 0 radical (unpaired) electrons. The fourth-order valence-electron chi connectivity index (χ4n) is 7.64. The minimum Gasteiger partial charge on any atom is -0.496 e. The van der Waals surface area contributed by atoms with Crippen LogP contribution in [0.3, 0.4) is 0 Å². The number of hydrogen-bond acceptors (Lipinski definition) is 14. The number of aromatic nitrogens is 4. The zero-order chi connectivity index (χ0) is 46.2. The van der Waals surface area contributed by atoms with Gasteiger partial charge in [-0.3, -0.25) is 4.90 Å². The molecule has 0 saturated carbocycles. The van der Waals surface area contributed by atoms with Gasteiger partial charge in [-0.25, -0.2) is 29.1 Å². The Hall–Kier alpha value is -6.43. The van der Waals surface area contributed by atoms with Crippen LogP contribution in [0.4, 0.5) is 4.39 Å². The molecule has 2 aliphatic rings. The van der Waals surface area contributed by atoms with Crippen LogP contribution in [0.2, 0.25) is 5.02 Å². The summed E-state index contributed by atoms with van der Waals surface area (Å²) in [4.78, 5) is 35.0. The van der Waals surface area contributed by atoms with Gasteiger partial charge in [0.05, 0.1) is 42.0 Å². The number of para-hydroxylation sites is 1. The van der Waals surface area contributed by atoms with Crippen molar-refractivity contribution < 1.29 is 47.4 Å². The number of carboxylic acid groups (broad SMARTS) is 1. The van der Waals surface area contributed by atoms with Crippen LogP contribution in [0.15, 0.2) is 97.5 Å². The topological polar surface area (TPSA) is 157 Å². The number of fused-ring (bicyclic) bond motifs is 7. The van der Waals surface area contributed by atoms with Gasteiger partial charge in [0.1, 0.15) is 59.3 Å². The van der Waals surface area contributed by atoms with Crippen molar-refractivity contribution >= 4 is 39.1 Å². The first kappa shape index (κ1) is 46.1. The summed E-state index contributed by atoms with van der Waals surface area (Å²) < 4.78 is 56.8. The van der Waals surface area contributed by atoms with Crippen molar-refractivity contribution in [3.8, 4) is 61.8 Å². The number of carbonyl (C=O) groups is 1. The van der Waals surface area contributed by atoms with E-state index in [-0.39, 0.29) is 25.5 Å². The molecule has 0 spiro atoms. The zero-order valence-corrected chi connectivity index (χ0v) is 38.2. The van der Waals surface area contributed by atoms with E-state index in [0.717, 1.165) is 10.4 Å². The monoisotopic (exact) mass is 935 g/mol. The Kier molecular flexibility index (Phi) is 14.8. The Bertz CT molecular complexity index is 2810. The van der Waals surface area contributed by atoms with Crippen molar-refractivity contribution in [1.29, 1.82) is 0 Å². The second-order valence-electron chi connectivity index (χ2n) is 15.3. The summed E-state index contributed by atoms with van der Waals surface area (Å²) in [6.07, 6.45) is 0.796. The smallest absolute Gasteiger partial charge is 0.345 e. The molecular formula is C49H47ClFN5O9S. The molecule has 9 rings (SSSR count). The molecule has 5 heterocycles. The average Bonchev–Trinajstić information content (AvgIpc) is 3.72. The van der Waals surface area contributed by atoms with Crippen LogP contribution in [-0.2, 0) is 27.3 Å². The second kappa shape index (κ2) is 21.3. The molecular weight excluding hydrogens is 889 g/mol. The third kappa shape index (κ3) is 10.5. The number of aliphatic carboxylic acids is 1. The molecule has 2 aliphatic heterocycles. The van der Waals surface area contributed by atoms with E-state index < -0.39 is 24.0 Å². The van der Waals surface area contributed by atoms with E-state index >= 15 is 0 Å². The number of thiophene rings is 1. The molecule has 66 heavy (non-hydrogen) atoms. The van der Waals surface area contributed by atoms with E-state index in [1.165, 1.54) is 29.8 Å². The molecule has 4 bridgehead atoms. The lowest BCUT2D eigenvalue weighted by Crippen LogP contribution is -2.42. The highest BCUT2D eigenvalue weighted by Crippen LogP contribution is 2.49. The Morgan fingerprint density at radius 3 is 2.47 bits per heavy atom. The number of rotatable bonds is 15. The van der Waals surface area contributed by atoms with E-state index in [1.807, 2.05) is 37.3 Å². The normalized spacial score (nSPS) is 14.9. The Labute approximate surface area is 389 Å². The lowest BCUT2D eigenvalue weighted by molar-refractivity contribution is -0.145. The van der Waals surface area contributed by atoms with Gasteiger partial charge in [0.15, 0.2) is 5.82 Å². The number of methoxy groups -OCH3 is 3. The molecule has 0 fully saturated rings. The highest BCUT2D eigenvalue weighted by Gasteiger charge is 2.30. The number of carboxylic acids is 1. The number of halogens is 2. The van der Waals surface area contributed by atoms with Crippen LogP contribution in [-0.4, -0.2) is 109 Å². The first-order valence-electron chi connectivity index (χ1n) is 21.1. The molecule has 17 heteroatoms. The van der Waals surface area contributed by atoms with Gasteiger partial charge >= 0.3 is 5.97 Å². The van der Waals surface area contributed by atoms with Crippen LogP contribution in [0.1, 0.15) is 16.8 Å². The standard InChI is InChI=1S/C49H47ClFN5O9S/c1-29-36-14-16-40(44(29)50)64-35(25-56(19-21-59-2)20-22-60-3)27-62-34-13-15-38(63-26-33-17-18-52-46(55-33)37-7-5-6-8-39(37)61-4)31(23-34)24-41(49(57)58)65-47-43-42(36)45(66-48(43)54-28-53-47)30-9-11-32(51)12-10-30/h5-18,23,28,35,41H,19-22,24-27H2,1-4H3,(H,57,58)/t35-,41-/m1/s1. The summed E-state index contributed by atoms with van der Waals surface area (Å²) in [6, 6.07) is 24.2. The van der Waals surface area contributed by atoms with Gasteiger partial charge in [-0.2, -0.15) is 0 Å². The largest absolute Gasteiger partial charge is 0.496 e. The first-order valence-corrected chi connectivity index (χ1v) is 22.3. The van der Waals surface area contributed by atoms with E-state index in [1.54, 1.807) is 70.0 Å². The molecule has 7 aromatic rings. The number of ether oxygens (including phenoxy) is 7. The lowest BCUT2D eigenvalue weighted by Gasteiger charge is -2.28. The van der Waals surface area contributed by atoms with Crippen LogP contribution in [0, 0.1) is 12.7 Å². The molecule has 0 aliphatic carbocycles. The van der Waals surface area contributed by atoms with Gasteiger partial charge < -0.3 is 38.3 Å². The number of nitrogens with zero attached hydrogens (tertiary/aromatic N) is 5. The fourth-order valence-corrected chi connectivity index (χ4v) is 9.00. The van der Waals surface area contributed by atoms with Crippen molar-refractivity contribution in [2.45, 2.75) is 32.2 Å². The Morgan fingerprint density at radius 2 is 1.71 bits per heavy atom. The van der Waals surface area contributed by atoms with E-state index in [9.17, 15) is 14.3 Å². The van der Waals surface area contributed by atoms with E-state index in [2.05, 4.69) is 19.9 Å². The first-order chi connectivity index (χ1) is 32.1. The highest BCUT2D eigenvalue weighted by molar-refractivity contribution is 7.22. The summed E-state index contributed by atoms with van der Waals surface area (Å²) in [6.45, 7) is 4.59. The van der Waals surface area contributed by atoms with Gasteiger partial charge in [-0.05, 0) is 78.2 Å². The molecule has 1 N–H and O–H groups in total. The van der Waals surface area contributed by atoms with Crippen molar-refractivity contribution in [3.63, 3.8) is 0 Å². The summed E-state index contributed by atoms with van der Waals surface area (Å²) in [5, 5.41) is 11.7. The van der Waals surface area contributed by atoms with Gasteiger partial charge in [-0.15, -0.1) is 11.3 Å². The predicted octanol–water partition coefficient (Wildman–Crippen LogP) is 8.98. The van der Waals surface area contributed by atoms with Gasteiger partial charge in [-0.1, -0.05) is 41.9 Å². The van der Waals surface area contributed by atoms with Crippen LogP contribution in [0.5, 0.6) is 28.9 Å². The molecule has 3 aromatic heterocycles. The molecule has 2 atom stereocenters. The third-order valence-electron chi connectivity index (χ3n) is 11.0. The van der Waals surface area contributed by atoms with Crippen molar-refractivity contribution in [3.05, 3.63) is 125 Å². The predicted molar refractivity (Wildman–Crippen MR) is 249 cm³/mol. The Morgan fingerprint density at radius 1 is 0.924 bits per heavy atom. The van der Waals surface area contributed by atoms with Crippen LogP contribution >= 0.6 is 22.9 Å². The quantitative estimate of drug-likeness (QED) is 0.104. The molecule has 342 valence electrons. The average molecular weight is 936 g/mol. The molecule has 4 aromatic carbocycles. The van der Waals surface area contributed by atoms with Crippen molar-refractivity contribution in [2.24, 2.45) is 0 Å². The molecule has 14 nitrogen and oxygen atoms in total. The minimum atomic E-state index is -1.46. The maximum absolute atomic E-state index is 14.3. The highest BCUT2D eigenvalue weighted by atomic mass is 35.5. The summed E-state index contributed by atoms with van der Waals surface area (Å²) >= 11 is 8.58. The van der Waals surface area contributed by atoms with E-state index in [0.29, 0.717) is 110 Å². The van der Waals surface area contributed by atoms with Crippen LogP contribution < -0.4 is 23.7 Å². The molecule has 0 unspecified atom stereocenters. The van der Waals surface area contributed by atoms with Crippen LogP contribution in [0.25, 0.3) is 43.2 Å². The second-order valence-corrected chi connectivity index (χ2v) is 16.7. The fraction of sp³-hybridized carbons (Fsp3) is 0.286. The summed E-state index contributed by atoms with van der Waals surface area (Å²) in [5.41, 5.74) is 4.50. The molecule has 0 saturated heterocycles.